The van der Waals surface area contributed by atoms with Crippen molar-refractivity contribution in [2.24, 2.45) is 11.8 Å². The highest BCUT2D eigenvalue weighted by Crippen LogP contribution is 2.36. The number of hydrogen-bond acceptors (Lipinski definition) is 3. The first-order valence-electron chi connectivity index (χ1n) is 9.22. The van der Waals surface area contributed by atoms with E-state index in [0.29, 0.717) is 17.5 Å². The van der Waals surface area contributed by atoms with Crippen molar-refractivity contribution >= 4 is 5.91 Å². The van der Waals surface area contributed by atoms with Crippen molar-refractivity contribution in [1.82, 2.24) is 10.6 Å². The number of carbonyl (C=O) groups is 1. The summed E-state index contributed by atoms with van der Waals surface area (Å²) >= 11 is 0. The van der Waals surface area contributed by atoms with E-state index < -0.39 is 0 Å². The molecule has 0 aromatic heterocycles. The van der Waals surface area contributed by atoms with Crippen LogP contribution >= 0.6 is 0 Å². The highest BCUT2D eigenvalue weighted by molar-refractivity contribution is 5.80. The molecule has 1 aliphatic carbocycles. The number of piperidine rings is 1. The van der Waals surface area contributed by atoms with Crippen LogP contribution in [0.15, 0.2) is 0 Å². The molecule has 126 valence electrons. The largest absolute Gasteiger partial charge is 0.374 e. The van der Waals surface area contributed by atoms with Crippen molar-refractivity contribution in [2.45, 2.75) is 89.5 Å². The zero-order chi connectivity index (χ0) is 15.7. The molecule has 2 N–H and O–H groups in total. The van der Waals surface area contributed by atoms with Crippen LogP contribution in [0.1, 0.15) is 65.7 Å². The Balaban J connectivity index is 1.59. The molecule has 1 saturated carbocycles. The van der Waals surface area contributed by atoms with Crippen LogP contribution in [0, 0.1) is 11.8 Å². The van der Waals surface area contributed by atoms with E-state index in [1.165, 1.54) is 32.1 Å². The highest BCUT2D eigenvalue weighted by atomic mass is 16.5. The minimum atomic E-state index is 0.00666. The van der Waals surface area contributed by atoms with Gasteiger partial charge in [-0.1, -0.05) is 26.2 Å². The van der Waals surface area contributed by atoms with Crippen molar-refractivity contribution in [3.63, 3.8) is 0 Å². The third kappa shape index (κ3) is 3.18. The molecule has 3 rings (SSSR count). The lowest BCUT2D eigenvalue weighted by Gasteiger charge is -2.45. The molecule has 0 aromatic rings. The number of nitrogens with one attached hydrogen (secondary N) is 2. The molecule has 2 saturated heterocycles. The Bertz CT molecular complexity index is 400. The maximum atomic E-state index is 12.7. The number of amides is 1. The van der Waals surface area contributed by atoms with Crippen LogP contribution in [0.2, 0.25) is 0 Å². The zero-order valence-corrected chi connectivity index (χ0v) is 14.4. The summed E-state index contributed by atoms with van der Waals surface area (Å²) in [5.41, 5.74) is 0.297. The smallest absolute Gasteiger partial charge is 0.226 e. The van der Waals surface area contributed by atoms with Crippen molar-refractivity contribution in [3.05, 3.63) is 0 Å². The Kier molecular flexibility index (Phi) is 4.79. The molecule has 1 amide bonds. The van der Waals surface area contributed by atoms with Gasteiger partial charge in [-0.2, -0.15) is 0 Å². The number of carbonyl (C=O) groups excluding carboxylic acids is 1. The Labute approximate surface area is 134 Å². The molecule has 5 unspecified atom stereocenters. The second-order valence-electron chi connectivity index (χ2n) is 7.90. The van der Waals surface area contributed by atoms with Gasteiger partial charge in [-0.05, 0) is 52.0 Å². The fourth-order valence-electron chi connectivity index (χ4n) is 4.91. The third-order valence-electron chi connectivity index (χ3n) is 6.33. The lowest BCUT2D eigenvalue weighted by molar-refractivity contribution is -0.128. The molecule has 3 fully saturated rings. The number of ether oxygens (including phenoxy) is 1. The van der Waals surface area contributed by atoms with Crippen LogP contribution in [0.4, 0.5) is 0 Å². The van der Waals surface area contributed by atoms with Gasteiger partial charge in [-0.15, -0.1) is 0 Å². The van der Waals surface area contributed by atoms with Gasteiger partial charge in [-0.25, -0.2) is 0 Å². The monoisotopic (exact) mass is 308 g/mol. The summed E-state index contributed by atoms with van der Waals surface area (Å²) in [5.74, 6) is 0.523. The molecule has 4 heteroatoms. The van der Waals surface area contributed by atoms with Crippen LogP contribution in [-0.4, -0.2) is 36.2 Å². The van der Waals surface area contributed by atoms with E-state index in [2.05, 4.69) is 24.5 Å². The van der Waals surface area contributed by atoms with Gasteiger partial charge in [0.15, 0.2) is 0 Å². The van der Waals surface area contributed by atoms with Gasteiger partial charge in [0.25, 0.3) is 0 Å². The third-order valence-corrected chi connectivity index (χ3v) is 6.33. The van der Waals surface area contributed by atoms with Gasteiger partial charge >= 0.3 is 0 Å². The first kappa shape index (κ1) is 16.3. The Hall–Kier alpha value is -0.610. The molecule has 0 radical (unpaired) electrons. The maximum absolute atomic E-state index is 12.7. The van der Waals surface area contributed by atoms with Crippen LogP contribution in [-0.2, 0) is 9.53 Å². The minimum Gasteiger partial charge on any atom is -0.374 e. The van der Waals surface area contributed by atoms with E-state index in [9.17, 15) is 4.79 Å². The lowest BCUT2D eigenvalue weighted by Crippen LogP contribution is -2.57. The summed E-state index contributed by atoms with van der Waals surface area (Å²) in [6.07, 6.45) is 8.95. The molecule has 0 aromatic carbocycles. The molecule has 22 heavy (non-hydrogen) atoms. The quantitative estimate of drug-likeness (QED) is 0.824. The van der Waals surface area contributed by atoms with E-state index >= 15 is 0 Å². The van der Waals surface area contributed by atoms with Gasteiger partial charge in [0.1, 0.15) is 0 Å². The van der Waals surface area contributed by atoms with E-state index in [1.54, 1.807) is 0 Å². The topological polar surface area (TPSA) is 50.4 Å². The summed E-state index contributed by atoms with van der Waals surface area (Å²) in [7, 11) is 0. The summed E-state index contributed by atoms with van der Waals surface area (Å²) in [4.78, 5) is 12.7. The fraction of sp³-hybridized carbons (Fsp3) is 0.944. The Morgan fingerprint density at radius 1 is 1.14 bits per heavy atom. The normalized spacial score (nSPS) is 41.5. The van der Waals surface area contributed by atoms with Gasteiger partial charge < -0.3 is 15.4 Å². The van der Waals surface area contributed by atoms with Crippen LogP contribution < -0.4 is 10.6 Å². The molecule has 2 aliphatic heterocycles. The molecule has 5 atom stereocenters. The second-order valence-corrected chi connectivity index (χ2v) is 7.90. The van der Waals surface area contributed by atoms with Crippen molar-refractivity contribution < 1.29 is 9.53 Å². The van der Waals surface area contributed by atoms with Gasteiger partial charge in [0, 0.05) is 11.6 Å². The maximum Gasteiger partial charge on any atom is 0.226 e. The average Bonchev–Trinajstić information content (AvgIpc) is 2.73. The molecule has 2 heterocycles. The van der Waals surface area contributed by atoms with Gasteiger partial charge in [0.05, 0.1) is 18.1 Å². The van der Waals surface area contributed by atoms with E-state index in [-0.39, 0.29) is 24.0 Å². The first-order valence-corrected chi connectivity index (χ1v) is 9.22. The van der Waals surface area contributed by atoms with Crippen LogP contribution in [0.5, 0.6) is 0 Å². The summed E-state index contributed by atoms with van der Waals surface area (Å²) in [5, 5.41) is 7.11. The summed E-state index contributed by atoms with van der Waals surface area (Å²) in [6, 6.07) is 0.335. The molecular weight excluding hydrogens is 276 g/mol. The van der Waals surface area contributed by atoms with Crippen molar-refractivity contribution in [3.8, 4) is 0 Å². The van der Waals surface area contributed by atoms with Crippen molar-refractivity contribution in [1.29, 1.82) is 0 Å². The van der Waals surface area contributed by atoms with Crippen molar-refractivity contribution in [2.75, 3.05) is 6.54 Å². The molecule has 4 nitrogen and oxygen atoms in total. The van der Waals surface area contributed by atoms with E-state index in [1.807, 2.05) is 6.92 Å². The van der Waals surface area contributed by atoms with Gasteiger partial charge in [0.2, 0.25) is 5.91 Å². The molecule has 0 bridgehead atoms. The Morgan fingerprint density at radius 2 is 1.86 bits per heavy atom. The number of rotatable bonds is 2. The SMILES string of the molecule is CC1OC(C)C(C(=O)NC2CCNC3(CCCCC3)C2)C1C. The van der Waals surface area contributed by atoms with Gasteiger partial charge in [-0.3, -0.25) is 4.79 Å². The summed E-state index contributed by atoms with van der Waals surface area (Å²) in [6.45, 7) is 7.29. The predicted molar refractivity (Wildman–Crippen MR) is 87.6 cm³/mol. The predicted octanol–water partition coefficient (Wildman–Crippen LogP) is 2.62. The highest BCUT2D eigenvalue weighted by Gasteiger charge is 2.43. The molecule has 3 aliphatic rings. The fourth-order valence-corrected chi connectivity index (χ4v) is 4.91. The molecule has 1 spiro atoms. The van der Waals surface area contributed by atoms with E-state index in [4.69, 9.17) is 4.74 Å². The van der Waals surface area contributed by atoms with Crippen LogP contribution in [0.25, 0.3) is 0 Å². The zero-order valence-electron chi connectivity index (χ0n) is 14.4. The minimum absolute atomic E-state index is 0.00666. The first-order chi connectivity index (χ1) is 10.5. The standard InChI is InChI=1S/C18H32N2O2/c1-12-13(2)22-14(3)16(12)17(21)20-15-7-10-19-18(11-15)8-5-4-6-9-18/h12-16,19H,4-11H2,1-3H3,(H,20,21). The van der Waals surface area contributed by atoms with E-state index in [0.717, 1.165) is 19.4 Å². The summed E-state index contributed by atoms with van der Waals surface area (Å²) < 4.78 is 5.83. The average molecular weight is 308 g/mol. The number of hydrogen-bond donors (Lipinski definition) is 2. The second kappa shape index (κ2) is 6.48. The van der Waals surface area contributed by atoms with Crippen LogP contribution in [0.3, 0.4) is 0 Å². The molecular formula is C18H32N2O2. The lowest BCUT2D eigenvalue weighted by atomic mass is 9.74. The Morgan fingerprint density at radius 3 is 2.50 bits per heavy atom.